The van der Waals surface area contributed by atoms with Crippen molar-refractivity contribution < 1.29 is 75.9 Å². The highest BCUT2D eigenvalue weighted by Crippen LogP contribution is 2.50. The Morgan fingerprint density at radius 1 is 0.543 bits per heavy atom. The van der Waals surface area contributed by atoms with Crippen LogP contribution in [0.1, 0.15) is 25.7 Å². The zero-order valence-corrected chi connectivity index (χ0v) is 24.4. The number of halogens is 12. The van der Waals surface area contributed by atoms with Crippen LogP contribution in [-0.2, 0) is 23.2 Å². The van der Waals surface area contributed by atoms with E-state index in [2.05, 4.69) is 9.05 Å². The maximum atomic E-state index is 13.7. The summed E-state index contributed by atoms with van der Waals surface area (Å²) in [4.78, 5) is 27.0. The van der Waals surface area contributed by atoms with Gasteiger partial charge in [0.1, 0.15) is 0 Å². The summed E-state index contributed by atoms with van der Waals surface area (Å²) in [6.45, 7) is 0. The third-order valence-electron chi connectivity index (χ3n) is 6.12. The summed E-state index contributed by atoms with van der Waals surface area (Å²) in [6, 6.07) is 11.8. The smallest absolute Gasteiger partial charge is 0.313 e. The molecule has 0 saturated heterocycles. The fraction of sp³-hybridized carbons (Fsp3) is 0.462. The number of hydrogen-bond acceptors (Lipinski definition) is 5. The maximum absolute atomic E-state index is 13.7. The summed E-state index contributed by atoms with van der Waals surface area (Å²) >= 11 is 0. The van der Waals surface area contributed by atoms with Crippen LogP contribution in [0.2, 0.25) is 0 Å². The van der Waals surface area contributed by atoms with Crippen LogP contribution < -0.4 is 9.80 Å². The third-order valence-corrected chi connectivity index (χ3v) is 7.12. The Labute approximate surface area is 254 Å². The molecule has 7 nitrogen and oxygen atoms in total. The first kappa shape index (κ1) is 38.7. The second-order valence-corrected chi connectivity index (χ2v) is 10.8. The average molecular weight is 703 g/mol. The molecule has 0 aliphatic heterocycles. The first-order chi connectivity index (χ1) is 20.8. The minimum Gasteiger partial charge on any atom is -0.313 e. The molecular weight excluding hydrogens is 679 g/mol. The minimum absolute atomic E-state index is 0.216. The Morgan fingerprint density at radius 2 is 0.783 bits per heavy atom. The molecule has 0 heterocycles. The van der Waals surface area contributed by atoms with Crippen LogP contribution in [0.15, 0.2) is 60.7 Å². The van der Waals surface area contributed by atoms with Gasteiger partial charge in [0.15, 0.2) is 0 Å². The van der Waals surface area contributed by atoms with Gasteiger partial charge in [0.2, 0.25) is 11.2 Å². The summed E-state index contributed by atoms with van der Waals surface area (Å²) in [5.41, 5.74) is -9.29. The Bertz CT molecular complexity index is 1220. The van der Waals surface area contributed by atoms with Crippen molar-refractivity contribution in [1.29, 1.82) is 0 Å². The zero-order chi connectivity index (χ0) is 35.4. The number of hydrogen-bond donors (Lipinski definition) is 0. The van der Waals surface area contributed by atoms with E-state index in [1.807, 2.05) is 0 Å². The van der Waals surface area contributed by atoms with Gasteiger partial charge in [0, 0.05) is 30.0 Å². The fourth-order valence-corrected chi connectivity index (χ4v) is 5.41. The lowest BCUT2D eigenvalue weighted by Crippen LogP contribution is -2.55. The Morgan fingerprint density at radius 3 is 1.00 bits per heavy atom. The molecule has 2 aromatic carbocycles. The normalized spacial score (nSPS) is 13.3. The molecule has 0 N–H and O–H groups in total. The highest BCUT2D eigenvalue weighted by atomic mass is 31.1. The van der Waals surface area contributed by atoms with Gasteiger partial charge in [-0.2, -0.15) is 52.7 Å². The first-order valence-corrected chi connectivity index (χ1v) is 13.7. The van der Waals surface area contributed by atoms with Gasteiger partial charge in [-0.3, -0.25) is 9.59 Å². The molecule has 2 aromatic rings. The molecule has 0 spiro atoms. The van der Waals surface area contributed by atoms with E-state index in [1.165, 1.54) is 36.4 Å². The molecular formula is C26H24F12N2O5P+. The van der Waals surface area contributed by atoms with E-state index >= 15 is 0 Å². The topological polar surface area (TPSA) is 76.1 Å². The van der Waals surface area contributed by atoms with Gasteiger partial charge in [-0.1, -0.05) is 36.4 Å². The predicted octanol–water partition coefficient (Wildman–Crippen LogP) is 8.29. The van der Waals surface area contributed by atoms with Crippen LogP contribution in [0, 0.1) is 0 Å². The third kappa shape index (κ3) is 11.4. The van der Waals surface area contributed by atoms with E-state index in [1.54, 1.807) is 0 Å². The van der Waals surface area contributed by atoms with E-state index in [-0.39, 0.29) is 21.2 Å². The van der Waals surface area contributed by atoms with Crippen molar-refractivity contribution in [2.45, 2.75) is 61.6 Å². The molecule has 0 fully saturated rings. The van der Waals surface area contributed by atoms with E-state index in [4.69, 9.17) is 0 Å². The number of carbonyl (C=O) groups excluding carboxylic acids is 2. The number of rotatable bonds is 12. The van der Waals surface area contributed by atoms with Crippen LogP contribution in [0.5, 0.6) is 0 Å². The van der Waals surface area contributed by atoms with Crippen molar-refractivity contribution in [1.82, 2.24) is 0 Å². The molecule has 0 aliphatic rings. The molecule has 2 rings (SSSR count). The number of benzene rings is 2. The lowest BCUT2D eigenvalue weighted by atomic mass is 9.92. The van der Waals surface area contributed by atoms with Crippen LogP contribution >= 0.6 is 8.25 Å². The number of para-hydroxylation sites is 2. The van der Waals surface area contributed by atoms with Gasteiger partial charge >= 0.3 is 33.0 Å². The average Bonchev–Trinajstić information content (AvgIpc) is 2.88. The SMILES string of the molecule is CN(C(=O)C(CC(F)(F)F)(CC(F)(F)F)O[P+](=O)OC(CC(F)(F)F)(CC(F)(F)F)C(=O)N(C)c1ccccc1)c1ccccc1. The van der Waals surface area contributed by atoms with Gasteiger partial charge < -0.3 is 9.80 Å². The maximum Gasteiger partial charge on any atom is 0.699 e. The van der Waals surface area contributed by atoms with Crippen molar-refractivity contribution in [2.24, 2.45) is 0 Å². The highest BCUT2D eigenvalue weighted by Gasteiger charge is 2.65. The Balaban J connectivity index is 2.74. The number of likely N-dealkylation sites (N-methyl/N-ethyl adjacent to an activating group) is 2. The summed E-state index contributed by atoms with van der Waals surface area (Å²) in [5.74, 6) is -4.38. The zero-order valence-electron chi connectivity index (χ0n) is 23.5. The quantitative estimate of drug-likeness (QED) is 0.164. The Hall–Kier alpha value is -3.44. The van der Waals surface area contributed by atoms with Crippen molar-refractivity contribution in [3.05, 3.63) is 60.7 Å². The van der Waals surface area contributed by atoms with Gasteiger partial charge in [-0.05, 0) is 24.3 Å². The van der Waals surface area contributed by atoms with Gasteiger partial charge in [-0.15, -0.1) is 9.05 Å². The summed E-state index contributed by atoms with van der Waals surface area (Å²) in [5, 5.41) is 0. The largest absolute Gasteiger partial charge is 0.699 e. The van der Waals surface area contributed by atoms with Crippen LogP contribution in [0.3, 0.4) is 0 Å². The van der Waals surface area contributed by atoms with Crippen molar-refractivity contribution in [3.8, 4) is 0 Å². The summed E-state index contributed by atoms with van der Waals surface area (Å²) in [7, 11) is -3.59. The summed E-state index contributed by atoms with van der Waals surface area (Å²) < 4.78 is 186. The lowest BCUT2D eigenvalue weighted by molar-refractivity contribution is -0.218. The van der Waals surface area contributed by atoms with E-state index < -0.39 is 81.7 Å². The second kappa shape index (κ2) is 14.1. The van der Waals surface area contributed by atoms with E-state index in [9.17, 15) is 66.8 Å². The molecule has 46 heavy (non-hydrogen) atoms. The van der Waals surface area contributed by atoms with Crippen molar-refractivity contribution >= 4 is 31.4 Å². The van der Waals surface area contributed by atoms with Crippen molar-refractivity contribution in [3.63, 3.8) is 0 Å². The highest BCUT2D eigenvalue weighted by molar-refractivity contribution is 7.33. The molecule has 0 saturated carbocycles. The molecule has 0 unspecified atom stereocenters. The Kier molecular flexibility index (Phi) is 11.9. The number of amides is 2. The lowest BCUT2D eigenvalue weighted by Gasteiger charge is -2.34. The van der Waals surface area contributed by atoms with E-state index in [0.29, 0.717) is 14.1 Å². The molecule has 20 heteroatoms. The number of carbonyl (C=O) groups is 2. The predicted molar refractivity (Wildman–Crippen MR) is 138 cm³/mol. The standard InChI is InChI=1S/C26H24F12N2O5P/c1-39(17-9-5-3-6-10-17)19(41)21(13-23(27,28)29,14-24(30,31)32)44-46(43)45-22(15-25(33,34)35,16-26(36,37)38)20(42)40(2)18-11-7-4-8-12-18/h3-12H,13-16H2,1-2H3/q+1. The van der Waals surface area contributed by atoms with Gasteiger partial charge in [0.25, 0.3) is 11.8 Å². The monoisotopic (exact) mass is 703 g/mol. The molecule has 2 amide bonds. The number of nitrogens with zero attached hydrogens (tertiary/aromatic N) is 2. The van der Waals surface area contributed by atoms with Gasteiger partial charge in [0.05, 0.1) is 25.7 Å². The minimum atomic E-state index is -5.73. The second-order valence-electron chi connectivity index (χ2n) is 9.96. The molecule has 0 atom stereocenters. The molecule has 0 bridgehead atoms. The van der Waals surface area contributed by atoms with Crippen LogP contribution in [-0.4, -0.2) is 61.8 Å². The molecule has 0 radical (unpaired) electrons. The molecule has 0 aromatic heterocycles. The fourth-order valence-electron chi connectivity index (χ4n) is 4.38. The van der Waals surface area contributed by atoms with Crippen LogP contribution in [0.25, 0.3) is 0 Å². The molecule has 0 aliphatic carbocycles. The van der Waals surface area contributed by atoms with Crippen molar-refractivity contribution in [2.75, 3.05) is 23.9 Å². The van der Waals surface area contributed by atoms with Gasteiger partial charge in [-0.25, -0.2) is 0 Å². The first-order valence-electron chi connectivity index (χ1n) is 12.6. The number of anilines is 2. The summed E-state index contributed by atoms with van der Waals surface area (Å²) in [6.07, 6.45) is -34.4. The number of alkyl halides is 12. The van der Waals surface area contributed by atoms with E-state index in [0.717, 1.165) is 24.3 Å². The van der Waals surface area contributed by atoms with Crippen LogP contribution in [0.4, 0.5) is 64.1 Å². The molecule has 256 valence electrons.